The summed E-state index contributed by atoms with van der Waals surface area (Å²) in [7, 11) is 0. The molecule has 0 radical (unpaired) electrons. The molecule has 0 fully saturated rings. The summed E-state index contributed by atoms with van der Waals surface area (Å²) in [6, 6.07) is 7.98. The Morgan fingerprint density at radius 3 is 2.75 bits per heavy atom. The number of aryl methyl sites for hydroxylation is 2. The van der Waals surface area contributed by atoms with Gasteiger partial charge in [0.25, 0.3) is 5.78 Å². The molecule has 1 N–H and O–H groups in total. The van der Waals surface area contributed by atoms with Gasteiger partial charge in [-0.15, -0.1) is 5.10 Å². The molecule has 1 atom stereocenters. The first-order valence-corrected chi connectivity index (χ1v) is 10.6. The van der Waals surface area contributed by atoms with Crippen molar-refractivity contribution in [2.45, 2.75) is 51.7 Å². The lowest BCUT2D eigenvalue weighted by Crippen LogP contribution is -2.33. The number of aromatic nitrogens is 4. The Hall–Kier alpha value is -2.12. The summed E-state index contributed by atoms with van der Waals surface area (Å²) in [6.07, 6.45) is 1.58. The van der Waals surface area contributed by atoms with Gasteiger partial charge in [-0.05, 0) is 44.4 Å². The average Bonchev–Trinajstić information content (AvgIpc) is 3.07. The number of nitrogens with zero attached hydrogens (tertiary/aromatic N) is 4. The van der Waals surface area contributed by atoms with E-state index < -0.39 is 0 Å². The molecule has 3 aromatic rings. The molecule has 0 aliphatic carbocycles. The zero-order valence-electron chi connectivity index (χ0n) is 16.5. The van der Waals surface area contributed by atoms with Crippen LogP contribution in [-0.4, -0.2) is 37.3 Å². The minimum Gasteiger partial charge on any atom is -0.353 e. The van der Waals surface area contributed by atoms with E-state index in [1.807, 2.05) is 52.0 Å². The van der Waals surface area contributed by atoms with Crippen molar-refractivity contribution in [1.29, 1.82) is 0 Å². The molecule has 2 aromatic heterocycles. The van der Waals surface area contributed by atoms with E-state index >= 15 is 0 Å². The number of amides is 1. The van der Waals surface area contributed by atoms with Crippen LogP contribution in [0.4, 0.5) is 0 Å². The van der Waals surface area contributed by atoms with Crippen LogP contribution in [-0.2, 0) is 11.2 Å². The van der Waals surface area contributed by atoms with E-state index in [0.29, 0.717) is 17.4 Å². The van der Waals surface area contributed by atoms with Crippen LogP contribution < -0.4 is 5.32 Å². The third-order valence-electron chi connectivity index (χ3n) is 4.71. The molecule has 1 aromatic carbocycles. The molecular formula is C20H24ClN5OS. The topological polar surface area (TPSA) is 72.2 Å². The number of carbonyl (C=O) groups is 1. The van der Waals surface area contributed by atoms with Crippen molar-refractivity contribution in [3.8, 4) is 0 Å². The van der Waals surface area contributed by atoms with Gasteiger partial charge in [0.15, 0.2) is 0 Å². The first-order valence-electron chi connectivity index (χ1n) is 9.27. The SMILES string of the molecule is CC[C@H](C)NC(=O)CSc1nc2nc(C)c(Cc3ccccc3Cl)c(C)n2n1. The van der Waals surface area contributed by atoms with Gasteiger partial charge in [0.2, 0.25) is 11.1 Å². The number of hydrogen-bond donors (Lipinski definition) is 1. The minimum atomic E-state index is -0.0153. The van der Waals surface area contributed by atoms with Crippen LogP contribution in [0.3, 0.4) is 0 Å². The largest absolute Gasteiger partial charge is 0.353 e. The first kappa shape index (κ1) is 20.6. The summed E-state index contributed by atoms with van der Waals surface area (Å²) < 4.78 is 1.74. The predicted octanol–water partition coefficient (Wildman–Crippen LogP) is 3.99. The lowest BCUT2D eigenvalue weighted by atomic mass is 10.0. The molecule has 3 rings (SSSR count). The van der Waals surface area contributed by atoms with Crippen molar-refractivity contribution >= 4 is 35.0 Å². The van der Waals surface area contributed by atoms with Crippen LogP contribution in [0, 0.1) is 13.8 Å². The molecule has 0 aliphatic rings. The summed E-state index contributed by atoms with van der Waals surface area (Å²) in [5, 5.41) is 8.77. The highest BCUT2D eigenvalue weighted by Gasteiger charge is 2.16. The second kappa shape index (κ2) is 8.92. The molecule has 1 amide bonds. The maximum absolute atomic E-state index is 12.0. The van der Waals surface area contributed by atoms with Gasteiger partial charge in [0, 0.05) is 28.9 Å². The lowest BCUT2D eigenvalue weighted by molar-refractivity contribution is -0.119. The van der Waals surface area contributed by atoms with E-state index in [-0.39, 0.29) is 17.7 Å². The fraction of sp³-hybridized carbons (Fsp3) is 0.400. The van der Waals surface area contributed by atoms with Crippen molar-refractivity contribution < 1.29 is 4.79 Å². The number of thioether (sulfide) groups is 1. The summed E-state index contributed by atoms with van der Waals surface area (Å²) in [6.45, 7) is 8.01. The molecule has 6 nitrogen and oxygen atoms in total. The Bertz CT molecular complexity index is 1000. The van der Waals surface area contributed by atoms with Gasteiger partial charge < -0.3 is 5.32 Å². The monoisotopic (exact) mass is 417 g/mol. The first-order chi connectivity index (χ1) is 13.4. The normalized spacial score (nSPS) is 12.3. The van der Waals surface area contributed by atoms with Crippen LogP contribution in [0.5, 0.6) is 0 Å². The van der Waals surface area contributed by atoms with E-state index in [2.05, 4.69) is 20.4 Å². The van der Waals surface area contributed by atoms with Gasteiger partial charge >= 0.3 is 0 Å². The van der Waals surface area contributed by atoms with E-state index in [1.54, 1.807) is 4.52 Å². The van der Waals surface area contributed by atoms with Crippen molar-refractivity contribution in [3.05, 3.63) is 51.8 Å². The Labute approximate surface area is 174 Å². The van der Waals surface area contributed by atoms with Gasteiger partial charge in [-0.3, -0.25) is 4.79 Å². The highest BCUT2D eigenvalue weighted by atomic mass is 35.5. The molecule has 0 unspecified atom stereocenters. The number of hydrogen-bond acceptors (Lipinski definition) is 5. The molecule has 2 heterocycles. The summed E-state index contributed by atoms with van der Waals surface area (Å²) in [4.78, 5) is 21.1. The average molecular weight is 418 g/mol. The highest BCUT2D eigenvalue weighted by molar-refractivity contribution is 7.99. The number of fused-ring (bicyclic) bond motifs is 1. The second-order valence-corrected chi connectivity index (χ2v) is 8.15. The fourth-order valence-corrected chi connectivity index (χ4v) is 3.72. The third-order valence-corrected chi connectivity index (χ3v) is 5.91. The number of nitrogens with one attached hydrogen (secondary N) is 1. The summed E-state index contributed by atoms with van der Waals surface area (Å²) in [5.74, 6) is 0.812. The second-order valence-electron chi connectivity index (χ2n) is 6.80. The van der Waals surface area contributed by atoms with Crippen molar-refractivity contribution in [2.24, 2.45) is 0 Å². The fourth-order valence-electron chi connectivity index (χ4n) is 2.89. The van der Waals surface area contributed by atoms with Crippen molar-refractivity contribution in [1.82, 2.24) is 24.9 Å². The predicted molar refractivity (Wildman–Crippen MR) is 113 cm³/mol. The molecule has 148 valence electrons. The van der Waals surface area contributed by atoms with E-state index in [0.717, 1.165) is 34.0 Å². The van der Waals surface area contributed by atoms with Crippen LogP contribution in [0.25, 0.3) is 5.78 Å². The molecule has 0 saturated heterocycles. The van der Waals surface area contributed by atoms with Gasteiger partial charge in [-0.25, -0.2) is 9.50 Å². The maximum Gasteiger partial charge on any atom is 0.253 e. The zero-order chi connectivity index (χ0) is 20.3. The Morgan fingerprint density at radius 2 is 2.04 bits per heavy atom. The molecular weight excluding hydrogens is 394 g/mol. The number of rotatable bonds is 7. The van der Waals surface area contributed by atoms with Crippen molar-refractivity contribution in [3.63, 3.8) is 0 Å². The van der Waals surface area contributed by atoms with Gasteiger partial charge in [-0.1, -0.05) is 48.5 Å². The number of halogens is 1. The highest BCUT2D eigenvalue weighted by Crippen LogP contribution is 2.23. The zero-order valence-corrected chi connectivity index (χ0v) is 18.1. The molecule has 0 aliphatic heterocycles. The van der Waals surface area contributed by atoms with E-state index in [4.69, 9.17) is 11.6 Å². The van der Waals surface area contributed by atoms with Crippen LogP contribution in [0.2, 0.25) is 5.02 Å². The van der Waals surface area contributed by atoms with Crippen LogP contribution >= 0.6 is 23.4 Å². The van der Waals surface area contributed by atoms with Crippen LogP contribution in [0.15, 0.2) is 29.4 Å². The molecule has 8 heteroatoms. The molecule has 28 heavy (non-hydrogen) atoms. The minimum absolute atomic E-state index is 0.0153. The van der Waals surface area contributed by atoms with Gasteiger partial charge in [-0.2, -0.15) is 4.98 Å². The molecule has 0 saturated carbocycles. The Morgan fingerprint density at radius 1 is 1.29 bits per heavy atom. The van der Waals surface area contributed by atoms with Crippen molar-refractivity contribution in [2.75, 3.05) is 5.75 Å². The Kier molecular flexibility index (Phi) is 6.57. The lowest BCUT2D eigenvalue weighted by Gasteiger charge is -2.11. The smallest absolute Gasteiger partial charge is 0.253 e. The van der Waals surface area contributed by atoms with Crippen LogP contribution in [0.1, 0.15) is 42.8 Å². The third kappa shape index (κ3) is 4.64. The van der Waals surface area contributed by atoms with E-state index in [1.165, 1.54) is 11.8 Å². The quantitative estimate of drug-likeness (QED) is 0.588. The summed E-state index contributed by atoms with van der Waals surface area (Å²) >= 11 is 7.64. The van der Waals surface area contributed by atoms with Gasteiger partial charge in [0.1, 0.15) is 0 Å². The number of carbonyl (C=O) groups excluding carboxylic acids is 1. The van der Waals surface area contributed by atoms with Gasteiger partial charge in [0.05, 0.1) is 5.75 Å². The summed E-state index contributed by atoms with van der Waals surface area (Å²) in [5.41, 5.74) is 4.01. The maximum atomic E-state index is 12.0. The molecule has 0 bridgehead atoms. The number of benzene rings is 1. The van der Waals surface area contributed by atoms with E-state index in [9.17, 15) is 4.79 Å². The Balaban J connectivity index is 1.81. The standard InChI is InChI=1S/C20H24ClN5OS/c1-5-12(2)22-18(27)11-28-20-24-19-23-13(3)16(14(4)26(19)25-20)10-15-8-6-7-9-17(15)21/h6-9,12H,5,10-11H2,1-4H3,(H,22,27)/t12-/m0/s1. The molecule has 0 spiro atoms.